The van der Waals surface area contributed by atoms with Crippen LogP contribution < -0.4 is 10.1 Å². The summed E-state index contributed by atoms with van der Waals surface area (Å²) in [5, 5.41) is 13.0. The third kappa shape index (κ3) is 4.34. The van der Waals surface area contributed by atoms with Crippen molar-refractivity contribution in [2.75, 3.05) is 20.2 Å². The fourth-order valence-corrected chi connectivity index (χ4v) is 4.06. The normalized spacial score (nSPS) is 21.5. The van der Waals surface area contributed by atoms with E-state index in [1.807, 2.05) is 42.3 Å². The van der Waals surface area contributed by atoms with Crippen LogP contribution in [0, 0.1) is 5.92 Å². The van der Waals surface area contributed by atoms with Crippen LogP contribution in [-0.2, 0) is 17.8 Å². The number of aliphatic hydroxyl groups is 1. The summed E-state index contributed by atoms with van der Waals surface area (Å²) in [7, 11) is 1.92. The lowest BCUT2D eigenvalue weighted by Crippen LogP contribution is -2.44. The zero-order chi connectivity index (χ0) is 19.5. The molecule has 1 amide bonds. The summed E-state index contributed by atoms with van der Waals surface area (Å²) in [4.78, 5) is 19.0. The first-order valence-corrected chi connectivity index (χ1v) is 9.90. The van der Waals surface area contributed by atoms with E-state index in [4.69, 9.17) is 4.74 Å². The molecule has 0 unspecified atom stereocenters. The topological polar surface area (TPSA) is 74.7 Å². The third-order valence-electron chi connectivity index (χ3n) is 5.58. The van der Waals surface area contributed by atoms with E-state index in [0.717, 1.165) is 42.9 Å². The fourth-order valence-electron chi connectivity index (χ4n) is 4.06. The van der Waals surface area contributed by atoms with Gasteiger partial charge in [0.2, 0.25) is 5.91 Å². The number of rotatable bonds is 7. The summed E-state index contributed by atoms with van der Waals surface area (Å²) in [5.74, 6) is 1.19. The number of nitrogens with zero attached hydrogens (tertiary/aromatic N) is 2. The Morgan fingerprint density at radius 3 is 2.96 bits per heavy atom. The quantitative estimate of drug-likeness (QED) is 0.768. The van der Waals surface area contributed by atoms with E-state index in [1.165, 1.54) is 5.56 Å². The van der Waals surface area contributed by atoms with E-state index in [0.29, 0.717) is 13.1 Å². The van der Waals surface area contributed by atoms with Gasteiger partial charge in [0.15, 0.2) is 0 Å². The molecule has 148 valence electrons. The number of hydrogen-bond donors (Lipinski definition) is 2. The summed E-state index contributed by atoms with van der Waals surface area (Å²) in [6.07, 6.45) is 3.86. The Morgan fingerprint density at radius 1 is 1.36 bits per heavy atom. The highest BCUT2D eigenvalue weighted by atomic mass is 16.5. The van der Waals surface area contributed by atoms with Crippen LogP contribution in [0.15, 0.2) is 42.6 Å². The third-order valence-corrected chi connectivity index (χ3v) is 5.58. The largest absolute Gasteiger partial charge is 0.493 e. The number of aromatic nitrogens is 1. The Bertz CT molecular complexity index is 821. The maximum Gasteiger partial charge on any atom is 0.234 e. The maximum atomic E-state index is 12.7. The number of fused-ring (bicyclic) bond motifs is 1. The Hall–Kier alpha value is -2.44. The lowest BCUT2D eigenvalue weighted by molar-refractivity contribution is -0.124. The van der Waals surface area contributed by atoms with Crippen molar-refractivity contribution in [3.63, 3.8) is 0 Å². The van der Waals surface area contributed by atoms with Crippen LogP contribution in [-0.4, -0.2) is 47.2 Å². The highest BCUT2D eigenvalue weighted by molar-refractivity contribution is 5.78. The van der Waals surface area contributed by atoms with Gasteiger partial charge in [-0.2, -0.15) is 0 Å². The lowest BCUT2D eigenvalue weighted by Gasteiger charge is -2.38. The zero-order valence-corrected chi connectivity index (χ0v) is 16.2. The van der Waals surface area contributed by atoms with Gasteiger partial charge in [-0.1, -0.05) is 12.1 Å². The number of carbonyl (C=O) groups excluding carboxylic acids is 1. The summed E-state index contributed by atoms with van der Waals surface area (Å²) < 4.78 is 5.60. The highest BCUT2D eigenvalue weighted by Gasteiger charge is 2.36. The SMILES string of the molecule is CN(CC(=O)N[C@H](c1ccc2c(c1)CCO2)C1CC(O)C1)Cc1ccccn1. The second kappa shape index (κ2) is 8.29. The molecule has 1 saturated carbocycles. The summed E-state index contributed by atoms with van der Waals surface area (Å²) in [6.45, 7) is 1.64. The molecule has 1 aromatic heterocycles. The van der Waals surface area contributed by atoms with E-state index in [9.17, 15) is 9.90 Å². The van der Waals surface area contributed by atoms with E-state index in [1.54, 1.807) is 6.20 Å². The van der Waals surface area contributed by atoms with Gasteiger partial charge in [-0.15, -0.1) is 0 Å². The second-order valence-corrected chi connectivity index (χ2v) is 7.89. The first kappa shape index (κ1) is 18.9. The smallest absolute Gasteiger partial charge is 0.234 e. The molecular formula is C22H27N3O3. The number of carbonyl (C=O) groups is 1. The zero-order valence-electron chi connectivity index (χ0n) is 16.2. The van der Waals surface area contributed by atoms with Gasteiger partial charge in [-0.25, -0.2) is 0 Å². The molecule has 0 bridgehead atoms. The number of aliphatic hydroxyl groups excluding tert-OH is 1. The predicted molar refractivity (Wildman–Crippen MR) is 106 cm³/mol. The molecule has 6 nitrogen and oxygen atoms in total. The van der Waals surface area contributed by atoms with Crippen LogP contribution in [0.5, 0.6) is 5.75 Å². The fraction of sp³-hybridized carbons (Fsp3) is 0.455. The average molecular weight is 381 g/mol. The molecule has 1 atom stereocenters. The number of amides is 1. The first-order chi connectivity index (χ1) is 13.6. The second-order valence-electron chi connectivity index (χ2n) is 7.89. The Labute approximate surface area is 165 Å². The minimum atomic E-state index is -0.256. The monoisotopic (exact) mass is 381 g/mol. The van der Waals surface area contributed by atoms with Crippen LogP contribution in [0.3, 0.4) is 0 Å². The van der Waals surface area contributed by atoms with Crippen LogP contribution in [0.25, 0.3) is 0 Å². The number of benzene rings is 1. The Kier molecular flexibility index (Phi) is 5.59. The van der Waals surface area contributed by atoms with E-state index < -0.39 is 0 Å². The minimum Gasteiger partial charge on any atom is -0.493 e. The van der Waals surface area contributed by atoms with E-state index in [2.05, 4.69) is 16.4 Å². The molecule has 0 spiro atoms. The Morgan fingerprint density at radius 2 is 2.21 bits per heavy atom. The van der Waals surface area contributed by atoms with Crippen molar-refractivity contribution < 1.29 is 14.6 Å². The number of pyridine rings is 1. The van der Waals surface area contributed by atoms with Crippen molar-refractivity contribution in [2.24, 2.45) is 5.92 Å². The molecule has 2 aromatic rings. The maximum absolute atomic E-state index is 12.7. The van der Waals surface area contributed by atoms with Gasteiger partial charge in [-0.3, -0.25) is 14.7 Å². The van der Waals surface area contributed by atoms with E-state index >= 15 is 0 Å². The van der Waals surface area contributed by atoms with E-state index in [-0.39, 0.29) is 24.0 Å². The standard InChI is InChI=1S/C22H27N3O3/c1-25(13-18-4-2-3-8-23-18)14-21(27)24-22(17-11-19(26)12-17)16-5-6-20-15(10-16)7-9-28-20/h2-6,8,10,17,19,22,26H,7,9,11-14H2,1H3,(H,24,27)/t17?,19?,22-/m1/s1. The van der Waals surface area contributed by atoms with Gasteiger partial charge in [0.25, 0.3) is 0 Å². The molecule has 1 fully saturated rings. The molecule has 2 N–H and O–H groups in total. The molecule has 6 heteroatoms. The molecule has 2 heterocycles. The van der Waals surface area contributed by atoms with Crippen molar-refractivity contribution in [1.29, 1.82) is 0 Å². The number of nitrogens with one attached hydrogen (secondary N) is 1. The van der Waals surface area contributed by atoms with Gasteiger partial charge in [-0.05, 0) is 61.2 Å². The molecular weight excluding hydrogens is 354 g/mol. The molecule has 1 aromatic carbocycles. The molecule has 1 aliphatic heterocycles. The Balaban J connectivity index is 1.41. The predicted octanol–water partition coefficient (Wildman–Crippen LogP) is 2.08. The highest BCUT2D eigenvalue weighted by Crippen LogP contribution is 2.39. The molecule has 2 aliphatic rings. The van der Waals surface area contributed by atoms with Crippen molar-refractivity contribution in [2.45, 2.75) is 38.0 Å². The molecule has 4 rings (SSSR count). The molecule has 28 heavy (non-hydrogen) atoms. The van der Waals surface area contributed by atoms with Crippen LogP contribution >= 0.6 is 0 Å². The van der Waals surface area contributed by atoms with Gasteiger partial charge in [0, 0.05) is 19.2 Å². The number of hydrogen-bond acceptors (Lipinski definition) is 5. The van der Waals surface area contributed by atoms with Gasteiger partial charge in [0.05, 0.1) is 31.0 Å². The van der Waals surface area contributed by atoms with Crippen molar-refractivity contribution in [1.82, 2.24) is 15.2 Å². The first-order valence-electron chi connectivity index (χ1n) is 9.90. The summed E-state index contributed by atoms with van der Waals surface area (Å²) in [5.41, 5.74) is 3.24. The summed E-state index contributed by atoms with van der Waals surface area (Å²) in [6, 6.07) is 11.9. The van der Waals surface area contributed by atoms with Crippen LogP contribution in [0.4, 0.5) is 0 Å². The van der Waals surface area contributed by atoms with Crippen molar-refractivity contribution in [3.05, 3.63) is 59.4 Å². The number of likely N-dealkylation sites (N-methyl/N-ethyl adjacent to an activating group) is 1. The molecule has 0 saturated heterocycles. The molecule has 0 radical (unpaired) electrons. The van der Waals surface area contributed by atoms with Gasteiger partial charge < -0.3 is 15.2 Å². The van der Waals surface area contributed by atoms with Crippen LogP contribution in [0.2, 0.25) is 0 Å². The minimum absolute atomic E-state index is 0.0124. The van der Waals surface area contributed by atoms with Gasteiger partial charge >= 0.3 is 0 Å². The number of ether oxygens (including phenoxy) is 1. The van der Waals surface area contributed by atoms with Crippen LogP contribution in [0.1, 0.15) is 35.7 Å². The van der Waals surface area contributed by atoms with Crippen molar-refractivity contribution in [3.8, 4) is 5.75 Å². The van der Waals surface area contributed by atoms with Gasteiger partial charge in [0.1, 0.15) is 5.75 Å². The molecule has 1 aliphatic carbocycles. The lowest BCUT2D eigenvalue weighted by atomic mass is 9.75. The summed E-state index contributed by atoms with van der Waals surface area (Å²) >= 11 is 0. The average Bonchev–Trinajstić information content (AvgIpc) is 3.12. The van der Waals surface area contributed by atoms with Crippen molar-refractivity contribution >= 4 is 5.91 Å².